The van der Waals surface area contributed by atoms with Crippen LogP contribution in [0.2, 0.25) is 0 Å². The number of nitrogens with zero attached hydrogens (tertiary/aromatic N) is 1. The largest absolute Gasteiger partial charge is 0.491 e. The molecular formula is C20H24N2O3. The van der Waals surface area contributed by atoms with Gasteiger partial charge in [0.1, 0.15) is 12.4 Å². The summed E-state index contributed by atoms with van der Waals surface area (Å²) < 4.78 is 11.4. The molecule has 1 aromatic carbocycles. The van der Waals surface area contributed by atoms with Gasteiger partial charge in [0.15, 0.2) is 0 Å². The van der Waals surface area contributed by atoms with Gasteiger partial charge in [0, 0.05) is 31.1 Å². The number of anilines is 1. The summed E-state index contributed by atoms with van der Waals surface area (Å²) in [5, 5.41) is 2.91. The number of pyridine rings is 1. The average molecular weight is 340 g/mol. The van der Waals surface area contributed by atoms with E-state index in [9.17, 15) is 4.79 Å². The molecule has 2 heterocycles. The van der Waals surface area contributed by atoms with E-state index in [1.54, 1.807) is 12.4 Å². The second kappa shape index (κ2) is 9.18. The predicted molar refractivity (Wildman–Crippen MR) is 96.7 cm³/mol. The van der Waals surface area contributed by atoms with E-state index in [0.29, 0.717) is 19.4 Å². The van der Waals surface area contributed by atoms with Crippen molar-refractivity contribution in [2.45, 2.75) is 38.2 Å². The lowest BCUT2D eigenvalue weighted by Gasteiger charge is -2.22. The molecule has 1 saturated heterocycles. The zero-order valence-electron chi connectivity index (χ0n) is 14.3. The molecule has 1 aliphatic heterocycles. The van der Waals surface area contributed by atoms with E-state index in [2.05, 4.69) is 10.3 Å². The number of carbonyl (C=O) groups excluding carboxylic acids is 1. The van der Waals surface area contributed by atoms with Crippen molar-refractivity contribution < 1.29 is 14.3 Å². The van der Waals surface area contributed by atoms with Crippen LogP contribution in [-0.4, -0.2) is 30.2 Å². The summed E-state index contributed by atoms with van der Waals surface area (Å²) in [6.45, 7) is 1.41. The van der Waals surface area contributed by atoms with Crippen LogP contribution in [0.3, 0.4) is 0 Å². The van der Waals surface area contributed by atoms with Gasteiger partial charge in [-0.1, -0.05) is 0 Å². The van der Waals surface area contributed by atoms with Crippen molar-refractivity contribution in [3.63, 3.8) is 0 Å². The van der Waals surface area contributed by atoms with Crippen molar-refractivity contribution in [1.82, 2.24) is 4.98 Å². The van der Waals surface area contributed by atoms with E-state index < -0.39 is 0 Å². The lowest BCUT2D eigenvalue weighted by Crippen LogP contribution is -2.25. The van der Waals surface area contributed by atoms with Crippen LogP contribution in [0.15, 0.2) is 48.8 Å². The maximum Gasteiger partial charge on any atom is 0.224 e. The Kier molecular flexibility index (Phi) is 6.40. The van der Waals surface area contributed by atoms with Gasteiger partial charge in [-0.25, -0.2) is 0 Å². The number of nitrogens with one attached hydrogen (secondary N) is 1. The van der Waals surface area contributed by atoms with Crippen molar-refractivity contribution in [2.24, 2.45) is 0 Å². The number of ether oxygens (including phenoxy) is 2. The minimum Gasteiger partial charge on any atom is -0.491 e. The van der Waals surface area contributed by atoms with E-state index in [1.165, 1.54) is 6.42 Å². The third-order valence-corrected chi connectivity index (χ3v) is 4.24. The first-order valence-corrected chi connectivity index (χ1v) is 8.83. The highest BCUT2D eigenvalue weighted by atomic mass is 16.5. The van der Waals surface area contributed by atoms with Crippen LogP contribution >= 0.6 is 0 Å². The highest BCUT2D eigenvalue weighted by Gasteiger charge is 2.14. The molecule has 0 spiro atoms. The molecule has 1 unspecified atom stereocenters. The Hall–Kier alpha value is -2.40. The Morgan fingerprint density at radius 3 is 2.68 bits per heavy atom. The van der Waals surface area contributed by atoms with Crippen molar-refractivity contribution in [3.05, 3.63) is 54.4 Å². The monoisotopic (exact) mass is 340 g/mol. The Morgan fingerprint density at radius 1 is 1.16 bits per heavy atom. The summed E-state index contributed by atoms with van der Waals surface area (Å²) in [6, 6.07) is 11.3. The summed E-state index contributed by atoms with van der Waals surface area (Å²) in [5.41, 5.74) is 1.89. The van der Waals surface area contributed by atoms with Gasteiger partial charge in [0.2, 0.25) is 5.91 Å². The minimum absolute atomic E-state index is 0.00101. The number of aryl methyl sites for hydroxylation is 1. The summed E-state index contributed by atoms with van der Waals surface area (Å²) in [7, 11) is 0. The van der Waals surface area contributed by atoms with Gasteiger partial charge < -0.3 is 14.8 Å². The topological polar surface area (TPSA) is 60.5 Å². The van der Waals surface area contributed by atoms with Gasteiger partial charge in [-0.3, -0.25) is 9.78 Å². The SMILES string of the molecule is O=C(CCc1ccncc1)Nc1ccc(OCC2CCCCO2)cc1. The maximum atomic E-state index is 12.0. The van der Waals surface area contributed by atoms with E-state index >= 15 is 0 Å². The molecule has 5 nitrogen and oxygen atoms in total. The highest BCUT2D eigenvalue weighted by Crippen LogP contribution is 2.18. The molecule has 1 fully saturated rings. The zero-order valence-corrected chi connectivity index (χ0v) is 14.3. The standard InChI is InChI=1S/C20H24N2O3/c23-20(9-4-16-10-12-21-13-11-16)22-17-5-7-18(8-6-17)25-15-19-3-1-2-14-24-19/h5-8,10-13,19H,1-4,9,14-15H2,(H,22,23). The smallest absolute Gasteiger partial charge is 0.224 e. The molecule has 1 aromatic heterocycles. The molecule has 1 amide bonds. The average Bonchev–Trinajstić information content (AvgIpc) is 2.67. The summed E-state index contributed by atoms with van der Waals surface area (Å²) >= 11 is 0. The molecular weight excluding hydrogens is 316 g/mol. The summed E-state index contributed by atoms with van der Waals surface area (Å²) in [5.74, 6) is 0.796. The number of rotatable bonds is 7. The second-order valence-corrected chi connectivity index (χ2v) is 6.23. The number of amides is 1. The fourth-order valence-corrected chi connectivity index (χ4v) is 2.79. The van der Waals surface area contributed by atoms with Crippen LogP contribution in [0.25, 0.3) is 0 Å². The normalized spacial score (nSPS) is 17.0. The zero-order chi connectivity index (χ0) is 17.3. The molecule has 3 rings (SSSR count). The molecule has 2 aromatic rings. The second-order valence-electron chi connectivity index (χ2n) is 6.23. The van der Waals surface area contributed by atoms with Crippen LogP contribution in [0.4, 0.5) is 5.69 Å². The third kappa shape index (κ3) is 5.87. The van der Waals surface area contributed by atoms with Gasteiger partial charge in [-0.05, 0) is 67.6 Å². The van der Waals surface area contributed by atoms with Crippen LogP contribution in [0, 0.1) is 0 Å². The lowest BCUT2D eigenvalue weighted by atomic mass is 10.1. The summed E-state index contributed by atoms with van der Waals surface area (Å²) in [6.07, 6.45) is 8.24. The van der Waals surface area contributed by atoms with Gasteiger partial charge in [0.05, 0.1) is 6.10 Å². The molecule has 25 heavy (non-hydrogen) atoms. The van der Waals surface area contributed by atoms with E-state index in [4.69, 9.17) is 9.47 Å². The Bertz CT molecular complexity index is 652. The van der Waals surface area contributed by atoms with Crippen LogP contribution in [0.1, 0.15) is 31.2 Å². The molecule has 0 saturated carbocycles. The number of hydrogen-bond donors (Lipinski definition) is 1. The molecule has 5 heteroatoms. The Balaban J connectivity index is 1.41. The number of hydrogen-bond acceptors (Lipinski definition) is 4. The minimum atomic E-state index is 0.00101. The van der Waals surface area contributed by atoms with Crippen molar-refractivity contribution in [3.8, 4) is 5.75 Å². The van der Waals surface area contributed by atoms with Crippen LogP contribution < -0.4 is 10.1 Å². The number of benzene rings is 1. The number of carbonyl (C=O) groups is 1. The lowest BCUT2D eigenvalue weighted by molar-refractivity contribution is -0.116. The van der Waals surface area contributed by atoms with Gasteiger partial charge in [-0.2, -0.15) is 0 Å². The highest BCUT2D eigenvalue weighted by molar-refractivity contribution is 5.90. The Labute approximate surface area is 148 Å². The van der Waals surface area contributed by atoms with E-state index in [1.807, 2.05) is 36.4 Å². The van der Waals surface area contributed by atoms with Gasteiger partial charge in [-0.15, -0.1) is 0 Å². The molecule has 0 radical (unpaired) electrons. The molecule has 1 atom stereocenters. The first-order chi connectivity index (χ1) is 12.3. The molecule has 1 aliphatic rings. The van der Waals surface area contributed by atoms with E-state index in [0.717, 1.165) is 36.4 Å². The molecule has 0 bridgehead atoms. The van der Waals surface area contributed by atoms with Crippen LogP contribution in [-0.2, 0) is 16.0 Å². The number of aromatic nitrogens is 1. The molecule has 1 N–H and O–H groups in total. The van der Waals surface area contributed by atoms with Crippen molar-refractivity contribution >= 4 is 11.6 Å². The first-order valence-electron chi connectivity index (χ1n) is 8.83. The Morgan fingerprint density at radius 2 is 1.96 bits per heavy atom. The fraction of sp³-hybridized carbons (Fsp3) is 0.400. The molecule has 0 aliphatic carbocycles. The third-order valence-electron chi connectivity index (χ3n) is 4.24. The first kappa shape index (κ1) is 17.4. The van der Waals surface area contributed by atoms with Crippen molar-refractivity contribution in [1.29, 1.82) is 0 Å². The van der Waals surface area contributed by atoms with Crippen molar-refractivity contribution in [2.75, 3.05) is 18.5 Å². The van der Waals surface area contributed by atoms with E-state index in [-0.39, 0.29) is 12.0 Å². The molecule has 132 valence electrons. The fourth-order valence-electron chi connectivity index (χ4n) is 2.79. The quantitative estimate of drug-likeness (QED) is 0.836. The van der Waals surface area contributed by atoms with Gasteiger partial charge >= 0.3 is 0 Å². The summed E-state index contributed by atoms with van der Waals surface area (Å²) in [4.78, 5) is 16.0. The predicted octanol–water partition coefficient (Wildman–Crippen LogP) is 3.60. The van der Waals surface area contributed by atoms with Crippen LogP contribution in [0.5, 0.6) is 5.75 Å². The maximum absolute atomic E-state index is 12.0. The van der Waals surface area contributed by atoms with Gasteiger partial charge in [0.25, 0.3) is 0 Å².